The van der Waals surface area contributed by atoms with Crippen molar-refractivity contribution in [2.45, 2.75) is 0 Å². The first kappa shape index (κ1) is 12.7. The molecular weight excluding hydrogens is 216 g/mol. The number of benzene rings is 1. The molecule has 4 nitrogen and oxygen atoms in total. The van der Waals surface area contributed by atoms with Crippen LogP contribution in [0, 0.1) is 0 Å². The lowest BCUT2D eigenvalue weighted by molar-refractivity contribution is -0.116. The molecule has 0 aliphatic rings. The topological polar surface area (TPSA) is 72.2 Å². The van der Waals surface area contributed by atoms with Gasteiger partial charge in [-0.15, -0.1) is 0 Å². The minimum absolute atomic E-state index is 0.182. The molecule has 17 heavy (non-hydrogen) atoms. The van der Waals surface area contributed by atoms with Crippen LogP contribution >= 0.6 is 0 Å². The summed E-state index contributed by atoms with van der Waals surface area (Å²) in [6.07, 6.45) is 6.01. The molecule has 1 rings (SSSR count). The van der Waals surface area contributed by atoms with E-state index in [-0.39, 0.29) is 5.91 Å². The highest BCUT2D eigenvalue weighted by Gasteiger charge is 1.96. The smallest absolute Gasteiger partial charge is 0.243 e. The van der Waals surface area contributed by atoms with Crippen molar-refractivity contribution in [2.75, 3.05) is 7.05 Å². The number of primary amides is 1. The normalized spacial score (nSPS) is 10.9. The van der Waals surface area contributed by atoms with Gasteiger partial charge in [-0.2, -0.15) is 0 Å². The number of nitrogens with one attached hydrogen (secondary N) is 1. The zero-order chi connectivity index (χ0) is 12.7. The molecule has 88 valence electrons. The number of amides is 2. The van der Waals surface area contributed by atoms with Crippen molar-refractivity contribution in [1.82, 2.24) is 5.32 Å². The van der Waals surface area contributed by atoms with Gasteiger partial charge in [0.25, 0.3) is 0 Å². The Hall–Kier alpha value is -2.36. The van der Waals surface area contributed by atoms with Gasteiger partial charge in [0.05, 0.1) is 0 Å². The number of carbonyl (C=O) groups excluding carboxylic acids is 2. The average molecular weight is 230 g/mol. The van der Waals surface area contributed by atoms with Crippen molar-refractivity contribution >= 4 is 24.0 Å². The molecule has 3 N–H and O–H groups in total. The molecule has 0 heterocycles. The van der Waals surface area contributed by atoms with E-state index in [1.54, 1.807) is 19.2 Å². The van der Waals surface area contributed by atoms with Crippen LogP contribution in [0.15, 0.2) is 36.4 Å². The fraction of sp³-hybridized carbons (Fsp3) is 0.0769. The molecule has 0 saturated heterocycles. The van der Waals surface area contributed by atoms with Crippen LogP contribution in [0.1, 0.15) is 11.1 Å². The van der Waals surface area contributed by atoms with Gasteiger partial charge in [-0.05, 0) is 23.3 Å². The number of carbonyl (C=O) groups is 2. The Morgan fingerprint density at radius 2 is 1.65 bits per heavy atom. The molecule has 0 saturated carbocycles. The fourth-order valence-corrected chi connectivity index (χ4v) is 1.24. The van der Waals surface area contributed by atoms with Crippen LogP contribution in [0.2, 0.25) is 0 Å². The molecule has 0 aromatic heterocycles. The lowest BCUT2D eigenvalue weighted by atomic mass is 10.1. The van der Waals surface area contributed by atoms with E-state index in [0.29, 0.717) is 0 Å². The van der Waals surface area contributed by atoms with Gasteiger partial charge in [0.15, 0.2) is 0 Å². The maximum atomic E-state index is 11.1. The van der Waals surface area contributed by atoms with Gasteiger partial charge in [0, 0.05) is 19.2 Å². The number of hydrogen-bond donors (Lipinski definition) is 2. The fourth-order valence-electron chi connectivity index (χ4n) is 1.24. The Morgan fingerprint density at radius 3 is 2.12 bits per heavy atom. The molecule has 0 fully saturated rings. The van der Waals surface area contributed by atoms with Crippen molar-refractivity contribution in [3.05, 3.63) is 47.5 Å². The molecular formula is C13H14N2O2. The summed E-state index contributed by atoms with van der Waals surface area (Å²) >= 11 is 0. The SMILES string of the molecule is CNC(=O)C=Cc1ccccc1C=CC(N)=O. The molecule has 1 aromatic carbocycles. The Balaban J connectivity index is 2.96. The second kappa shape index (κ2) is 6.27. The van der Waals surface area contributed by atoms with Gasteiger partial charge in [0.2, 0.25) is 11.8 Å². The number of hydrogen-bond acceptors (Lipinski definition) is 2. The molecule has 0 spiro atoms. The highest BCUT2D eigenvalue weighted by molar-refractivity contribution is 5.93. The maximum absolute atomic E-state index is 11.1. The first-order valence-corrected chi connectivity index (χ1v) is 5.10. The Labute approximate surface area is 99.8 Å². The lowest BCUT2D eigenvalue weighted by Crippen LogP contribution is -2.13. The van der Waals surface area contributed by atoms with Gasteiger partial charge < -0.3 is 11.1 Å². The number of likely N-dealkylation sites (N-methyl/N-ethyl adjacent to an activating group) is 1. The second-order valence-electron chi connectivity index (χ2n) is 3.31. The molecule has 0 aliphatic carbocycles. The first-order chi connectivity index (χ1) is 8.13. The Morgan fingerprint density at radius 1 is 1.12 bits per heavy atom. The third kappa shape index (κ3) is 4.34. The summed E-state index contributed by atoms with van der Waals surface area (Å²) < 4.78 is 0. The minimum atomic E-state index is -0.505. The second-order valence-corrected chi connectivity index (χ2v) is 3.31. The van der Waals surface area contributed by atoms with Gasteiger partial charge in [0.1, 0.15) is 0 Å². The molecule has 0 aliphatic heterocycles. The molecule has 0 bridgehead atoms. The van der Waals surface area contributed by atoms with Crippen LogP contribution in [0.4, 0.5) is 0 Å². The van der Waals surface area contributed by atoms with E-state index in [1.807, 2.05) is 24.3 Å². The van der Waals surface area contributed by atoms with E-state index >= 15 is 0 Å². The molecule has 0 radical (unpaired) electrons. The van der Waals surface area contributed by atoms with Crippen molar-refractivity contribution in [1.29, 1.82) is 0 Å². The summed E-state index contributed by atoms with van der Waals surface area (Å²) in [6, 6.07) is 7.38. The highest BCUT2D eigenvalue weighted by Crippen LogP contribution is 2.12. The molecule has 4 heteroatoms. The van der Waals surface area contributed by atoms with Gasteiger partial charge in [-0.25, -0.2) is 0 Å². The molecule has 1 aromatic rings. The Bertz CT molecular complexity index is 476. The average Bonchev–Trinajstić information content (AvgIpc) is 2.34. The van der Waals surface area contributed by atoms with E-state index in [4.69, 9.17) is 5.73 Å². The number of rotatable bonds is 4. The van der Waals surface area contributed by atoms with E-state index < -0.39 is 5.91 Å². The largest absolute Gasteiger partial charge is 0.366 e. The van der Waals surface area contributed by atoms with Crippen molar-refractivity contribution in [3.63, 3.8) is 0 Å². The predicted octanol–water partition coefficient (Wildman–Crippen LogP) is 0.944. The monoisotopic (exact) mass is 230 g/mol. The van der Waals surface area contributed by atoms with E-state index in [9.17, 15) is 9.59 Å². The van der Waals surface area contributed by atoms with E-state index in [2.05, 4.69) is 5.32 Å². The lowest BCUT2D eigenvalue weighted by Gasteiger charge is -1.99. The summed E-state index contributed by atoms with van der Waals surface area (Å²) in [5.74, 6) is -0.686. The first-order valence-electron chi connectivity index (χ1n) is 5.10. The van der Waals surface area contributed by atoms with Crippen LogP contribution in [-0.2, 0) is 9.59 Å². The summed E-state index contributed by atoms with van der Waals surface area (Å²) in [7, 11) is 1.56. The van der Waals surface area contributed by atoms with Crippen molar-refractivity contribution < 1.29 is 9.59 Å². The van der Waals surface area contributed by atoms with Crippen molar-refractivity contribution in [3.8, 4) is 0 Å². The van der Waals surface area contributed by atoms with Crippen LogP contribution in [0.5, 0.6) is 0 Å². The summed E-state index contributed by atoms with van der Waals surface area (Å²) in [4.78, 5) is 21.7. The third-order valence-electron chi connectivity index (χ3n) is 2.08. The molecule has 0 unspecified atom stereocenters. The third-order valence-corrected chi connectivity index (χ3v) is 2.08. The summed E-state index contributed by atoms with van der Waals surface area (Å²) in [5, 5.41) is 2.49. The predicted molar refractivity (Wildman–Crippen MR) is 67.8 cm³/mol. The van der Waals surface area contributed by atoms with Crippen LogP contribution in [-0.4, -0.2) is 18.9 Å². The zero-order valence-electron chi connectivity index (χ0n) is 9.51. The van der Waals surface area contributed by atoms with E-state index in [1.165, 1.54) is 12.2 Å². The van der Waals surface area contributed by atoms with Crippen LogP contribution in [0.25, 0.3) is 12.2 Å². The van der Waals surface area contributed by atoms with E-state index in [0.717, 1.165) is 11.1 Å². The zero-order valence-corrected chi connectivity index (χ0v) is 9.51. The number of nitrogens with two attached hydrogens (primary N) is 1. The maximum Gasteiger partial charge on any atom is 0.243 e. The van der Waals surface area contributed by atoms with Gasteiger partial charge in [-0.3, -0.25) is 9.59 Å². The minimum Gasteiger partial charge on any atom is -0.366 e. The standard InChI is InChI=1S/C13H14N2O2/c1-15-13(17)9-7-11-5-3-2-4-10(11)6-8-12(14)16/h2-9H,1H3,(H2,14,16)(H,15,17). The summed E-state index contributed by atoms with van der Waals surface area (Å²) in [6.45, 7) is 0. The van der Waals surface area contributed by atoms with Gasteiger partial charge >= 0.3 is 0 Å². The van der Waals surface area contributed by atoms with Crippen LogP contribution < -0.4 is 11.1 Å². The summed E-state index contributed by atoms with van der Waals surface area (Å²) in [5.41, 5.74) is 6.69. The Kier molecular flexibility index (Phi) is 4.69. The molecule has 2 amide bonds. The van der Waals surface area contributed by atoms with Crippen LogP contribution in [0.3, 0.4) is 0 Å². The van der Waals surface area contributed by atoms with Crippen molar-refractivity contribution in [2.24, 2.45) is 5.73 Å². The highest BCUT2D eigenvalue weighted by atomic mass is 16.1. The quantitative estimate of drug-likeness (QED) is 0.756. The van der Waals surface area contributed by atoms with Gasteiger partial charge in [-0.1, -0.05) is 24.3 Å². The molecule has 0 atom stereocenters.